The molecule has 1 aromatic rings. The van der Waals surface area contributed by atoms with Gasteiger partial charge < -0.3 is 16.2 Å². The lowest BCUT2D eigenvalue weighted by molar-refractivity contribution is -0.118. The van der Waals surface area contributed by atoms with Gasteiger partial charge in [0.1, 0.15) is 0 Å². The number of rotatable bonds is 3. The van der Waals surface area contributed by atoms with Gasteiger partial charge >= 0.3 is 0 Å². The minimum Gasteiger partial charge on any atom is -0.505 e. The van der Waals surface area contributed by atoms with Crippen LogP contribution in [0.25, 0.3) is 0 Å². The standard InChI is InChI=1S/C11H14BrClN2O2.ClH/c1-5(2)9(14)11(17)15-8-4-6(13)3-7(12)10(8)16;/h3-5,9,16H,14H2,1-2H3,(H,15,17);1H/t9-;/m0./s1. The molecular formula is C11H15BrCl2N2O2. The average Bonchev–Trinajstić information content (AvgIpc) is 2.23. The summed E-state index contributed by atoms with van der Waals surface area (Å²) in [5.41, 5.74) is 5.94. The molecule has 102 valence electrons. The Bertz CT molecular complexity index is 441. The van der Waals surface area contributed by atoms with Gasteiger partial charge in [0.05, 0.1) is 16.2 Å². The van der Waals surface area contributed by atoms with E-state index in [1.807, 2.05) is 13.8 Å². The van der Waals surface area contributed by atoms with Crippen molar-refractivity contribution in [1.29, 1.82) is 0 Å². The van der Waals surface area contributed by atoms with Gasteiger partial charge in [-0.05, 0) is 34.0 Å². The molecule has 4 N–H and O–H groups in total. The number of anilines is 1. The van der Waals surface area contributed by atoms with Gasteiger partial charge in [0.25, 0.3) is 0 Å². The Balaban J connectivity index is 0.00000289. The number of nitrogens with two attached hydrogens (primary N) is 1. The van der Waals surface area contributed by atoms with Crippen LogP contribution in [-0.2, 0) is 4.79 Å². The van der Waals surface area contributed by atoms with E-state index in [0.29, 0.717) is 9.50 Å². The Morgan fingerprint density at radius 3 is 2.56 bits per heavy atom. The smallest absolute Gasteiger partial charge is 0.241 e. The van der Waals surface area contributed by atoms with Crippen molar-refractivity contribution in [1.82, 2.24) is 0 Å². The molecule has 0 aliphatic rings. The predicted molar refractivity (Wildman–Crippen MR) is 79.5 cm³/mol. The van der Waals surface area contributed by atoms with Crippen LogP contribution in [0, 0.1) is 5.92 Å². The lowest BCUT2D eigenvalue weighted by Gasteiger charge is -2.16. The Hall–Kier alpha value is -0.490. The molecule has 0 saturated carbocycles. The number of carbonyl (C=O) groups excluding carboxylic acids is 1. The number of halogens is 3. The molecule has 0 aromatic heterocycles. The van der Waals surface area contributed by atoms with E-state index in [9.17, 15) is 9.90 Å². The zero-order chi connectivity index (χ0) is 13.2. The second-order valence-corrected chi connectivity index (χ2v) is 5.33. The third kappa shape index (κ3) is 4.31. The number of phenols is 1. The monoisotopic (exact) mass is 356 g/mol. The van der Waals surface area contributed by atoms with Crippen molar-refractivity contribution in [3.05, 3.63) is 21.6 Å². The van der Waals surface area contributed by atoms with E-state index >= 15 is 0 Å². The molecule has 1 aromatic carbocycles. The van der Waals surface area contributed by atoms with Crippen LogP contribution in [0.2, 0.25) is 5.02 Å². The second kappa shape index (κ2) is 7.19. The van der Waals surface area contributed by atoms with Crippen LogP contribution in [-0.4, -0.2) is 17.1 Å². The van der Waals surface area contributed by atoms with E-state index in [-0.39, 0.29) is 35.7 Å². The molecule has 18 heavy (non-hydrogen) atoms. The molecule has 0 unspecified atom stereocenters. The van der Waals surface area contributed by atoms with Crippen LogP contribution in [0.3, 0.4) is 0 Å². The molecule has 0 bridgehead atoms. The van der Waals surface area contributed by atoms with Gasteiger partial charge in [-0.15, -0.1) is 12.4 Å². The predicted octanol–water partition coefficient (Wildman–Crippen LogP) is 3.15. The van der Waals surface area contributed by atoms with Gasteiger partial charge in [0.2, 0.25) is 5.91 Å². The lowest BCUT2D eigenvalue weighted by Crippen LogP contribution is -2.39. The number of hydrogen-bond donors (Lipinski definition) is 3. The molecule has 0 heterocycles. The summed E-state index contributed by atoms with van der Waals surface area (Å²) >= 11 is 8.96. The van der Waals surface area contributed by atoms with Crippen molar-refractivity contribution in [3.63, 3.8) is 0 Å². The summed E-state index contributed by atoms with van der Waals surface area (Å²) < 4.78 is 0.415. The SMILES string of the molecule is CC(C)[C@H](N)C(=O)Nc1cc(Cl)cc(Br)c1O.Cl. The van der Waals surface area contributed by atoms with E-state index < -0.39 is 6.04 Å². The molecule has 0 radical (unpaired) electrons. The fourth-order valence-corrected chi connectivity index (χ4v) is 1.99. The first kappa shape index (κ1) is 17.5. The molecule has 0 spiro atoms. The maximum atomic E-state index is 11.7. The van der Waals surface area contributed by atoms with Crippen LogP contribution in [0.4, 0.5) is 5.69 Å². The highest BCUT2D eigenvalue weighted by molar-refractivity contribution is 9.10. The van der Waals surface area contributed by atoms with E-state index in [2.05, 4.69) is 21.2 Å². The number of aromatic hydroxyl groups is 1. The summed E-state index contributed by atoms with van der Waals surface area (Å²) in [6, 6.07) is 2.37. The number of phenolic OH excluding ortho intramolecular Hbond substituents is 1. The summed E-state index contributed by atoms with van der Waals surface area (Å²) in [6.07, 6.45) is 0. The van der Waals surface area contributed by atoms with Crippen molar-refractivity contribution in [2.45, 2.75) is 19.9 Å². The topological polar surface area (TPSA) is 75.4 Å². The van der Waals surface area contributed by atoms with Gasteiger partial charge in [0.15, 0.2) is 5.75 Å². The third-order valence-corrected chi connectivity index (χ3v) is 3.13. The summed E-state index contributed by atoms with van der Waals surface area (Å²) in [5.74, 6) is -0.414. The Labute approximate surface area is 125 Å². The van der Waals surface area contributed by atoms with Crippen molar-refractivity contribution < 1.29 is 9.90 Å². The van der Waals surface area contributed by atoms with Crippen LogP contribution < -0.4 is 11.1 Å². The minimum absolute atomic E-state index is 0. The second-order valence-electron chi connectivity index (χ2n) is 4.04. The largest absolute Gasteiger partial charge is 0.505 e. The molecule has 0 fully saturated rings. The van der Waals surface area contributed by atoms with E-state index in [4.69, 9.17) is 17.3 Å². The van der Waals surface area contributed by atoms with E-state index in [0.717, 1.165) is 0 Å². The summed E-state index contributed by atoms with van der Waals surface area (Å²) in [5, 5.41) is 12.7. The lowest BCUT2D eigenvalue weighted by atomic mass is 10.0. The molecule has 1 amide bonds. The first-order valence-electron chi connectivity index (χ1n) is 5.07. The first-order valence-corrected chi connectivity index (χ1v) is 6.24. The van der Waals surface area contributed by atoms with Gasteiger partial charge in [0, 0.05) is 5.02 Å². The zero-order valence-corrected chi connectivity index (χ0v) is 13.1. The van der Waals surface area contributed by atoms with Crippen molar-refractivity contribution >= 4 is 51.5 Å². The molecule has 7 heteroatoms. The highest BCUT2D eigenvalue weighted by Gasteiger charge is 2.19. The van der Waals surface area contributed by atoms with Crippen LogP contribution in [0.1, 0.15) is 13.8 Å². The number of amides is 1. The van der Waals surface area contributed by atoms with E-state index in [1.165, 1.54) is 12.1 Å². The number of hydrogen-bond acceptors (Lipinski definition) is 3. The fraction of sp³-hybridized carbons (Fsp3) is 0.364. The maximum Gasteiger partial charge on any atom is 0.241 e. The molecule has 0 aliphatic heterocycles. The highest BCUT2D eigenvalue weighted by Crippen LogP contribution is 2.35. The van der Waals surface area contributed by atoms with Crippen molar-refractivity contribution in [2.24, 2.45) is 11.7 Å². The highest BCUT2D eigenvalue weighted by atomic mass is 79.9. The van der Waals surface area contributed by atoms with E-state index in [1.54, 1.807) is 0 Å². The Kier molecular flexibility index (Phi) is 6.99. The molecule has 1 rings (SSSR count). The number of benzene rings is 1. The molecule has 0 aliphatic carbocycles. The normalized spacial score (nSPS) is 11.9. The van der Waals surface area contributed by atoms with Crippen LogP contribution in [0.5, 0.6) is 5.75 Å². The average molecular weight is 358 g/mol. The van der Waals surface area contributed by atoms with Gasteiger partial charge in [-0.3, -0.25) is 4.79 Å². The van der Waals surface area contributed by atoms with Crippen molar-refractivity contribution in [3.8, 4) is 5.75 Å². The Morgan fingerprint density at radius 1 is 1.50 bits per heavy atom. The molecule has 4 nitrogen and oxygen atoms in total. The van der Waals surface area contributed by atoms with Gasteiger partial charge in [-0.25, -0.2) is 0 Å². The third-order valence-electron chi connectivity index (χ3n) is 2.31. The van der Waals surface area contributed by atoms with Gasteiger partial charge in [-0.1, -0.05) is 25.4 Å². The molecular weight excluding hydrogens is 343 g/mol. The molecule has 1 atom stereocenters. The Morgan fingerprint density at radius 2 is 2.06 bits per heavy atom. The first-order chi connectivity index (χ1) is 7.82. The van der Waals surface area contributed by atoms with Crippen molar-refractivity contribution in [2.75, 3.05) is 5.32 Å². The fourth-order valence-electron chi connectivity index (χ4n) is 1.18. The summed E-state index contributed by atoms with van der Waals surface area (Å²) in [4.78, 5) is 11.7. The van der Waals surface area contributed by atoms with Crippen LogP contribution in [0.15, 0.2) is 16.6 Å². The minimum atomic E-state index is -0.632. The quantitative estimate of drug-likeness (QED) is 0.727. The van der Waals surface area contributed by atoms with Crippen LogP contribution >= 0.6 is 39.9 Å². The van der Waals surface area contributed by atoms with Gasteiger partial charge in [-0.2, -0.15) is 0 Å². The zero-order valence-electron chi connectivity index (χ0n) is 9.91. The summed E-state index contributed by atoms with van der Waals surface area (Å²) in [7, 11) is 0. The summed E-state index contributed by atoms with van der Waals surface area (Å²) in [6.45, 7) is 3.69. The number of nitrogens with one attached hydrogen (secondary N) is 1. The number of carbonyl (C=O) groups is 1. The maximum absolute atomic E-state index is 11.7. The molecule has 0 saturated heterocycles.